The molecule has 1 N–H and O–H groups in total. The number of rotatable bonds is 1. The van der Waals surface area contributed by atoms with Gasteiger partial charge < -0.3 is 14.6 Å². The molecule has 1 amide bonds. The van der Waals surface area contributed by atoms with E-state index in [1.165, 1.54) is 12.0 Å². The second-order valence-electron chi connectivity index (χ2n) is 5.52. The van der Waals surface area contributed by atoms with Crippen LogP contribution in [0, 0.1) is 5.41 Å². The molecule has 1 saturated heterocycles. The number of ether oxygens (including phenoxy) is 2. The molecule has 1 aliphatic heterocycles. The topological polar surface area (TPSA) is 59.0 Å². The number of aliphatic hydroxyl groups is 1. The Morgan fingerprint density at radius 1 is 1.62 bits per heavy atom. The summed E-state index contributed by atoms with van der Waals surface area (Å²) in [6, 6.07) is 0. The Morgan fingerprint density at radius 3 is 2.56 bits per heavy atom. The Morgan fingerprint density at radius 2 is 2.19 bits per heavy atom. The van der Waals surface area contributed by atoms with Gasteiger partial charge in [0.05, 0.1) is 25.9 Å². The molecule has 5 nitrogen and oxygen atoms in total. The highest BCUT2D eigenvalue weighted by molar-refractivity contribution is 5.69. The molecule has 5 heteroatoms. The number of aliphatic hydroxyl groups excluding tert-OH is 1. The summed E-state index contributed by atoms with van der Waals surface area (Å²) in [7, 11) is 1.33. The summed E-state index contributed by atoms with van der Waals surface area (Å²) in [6.45, 7) is 7.91. The number of amides is 1. The van der Waals surface area contributed by atoms with Crippen LogP contribution in [0.15, 0.2) is 0 Å². The first-order valence-electron chi connectivity index (χ1n) is 5.36. The molecule has 94 valence electrons. The number of carbonyl (C=O) groups is 1. The Balaban J connectivity index is 3.02. The van der Waals surface area contributed by atoms with E-state index in [-0.39, 0.29) is 18.2 Å². The van der Waals surface area contributed by atoms with Gasteiger partial charge in [-0.2, -0.15) is 0 Å². The quantitative estimate of drug-likeness (QED) is 0.737. The first-order valence-corrected chi connectivity index (χ1v) is 5.36. The van der Waals surface area contributed by atoms with Crippen molar-refractivity contribution in [3.8, 4) is 0 Å². The maximum absolute atomic E-state index is 11.8. The van der Waals surface area contributed by atoms with Crippen LogP contribution >= 0.6 is 0 Å². The van der Waals surface area contributed by atoms with Crippen molar-refractivity contribution in [2.45, 2.75) is 39.5 Å². The number of methoxy groups -OCH3 is 1. The minimum absolute atomic E-state index is 0.144. The second-order valence-corrected chi connectivity index (χ2v) is 5.52. The zero-order chi connectivity index (χ0) is 12.6. The van der Waals surface area contributed by atoms with Crippen LogP contribution in [-0.2, 0) is 9.47 Å². The van der Waals surface area contributed by atoms with Gasteiger partial charge in [0.1, 0.15) is 6.23 Å². The van der Waals surface area contributed by atoms with E-state index >= 15 is 0 Å². The second kappa shape index (κ2) is 4.22. The highest BCUT2D eigenvalue weighted by Crippen LogP contribution is 2.37. The fourth-order valence-electron chi connectivity index (χ4n) is 1.86. The molecular weight excluding hydrogens is 210 g/mol. The molecule has 0 saturated carbocycles. The minimum Gasteiger partial charge on any atom is -0.453 e. The molecule has 0 bridgehead atoms. The van der Waals surface area contributed by atoms with Gasteiger partial charge in [0.15, 0.2) is 0 Å². The Hall–Kier alpha value is -0.810. The van der Waals surface area contributed by atoms with Crippen LogP contribution < -0.4 is 0 Å². The lowest BCUT2D eigenvalue weighted by atomic mass is 9.92. The Labute approximate surface area is 96.3 Å². The van der Waals surface area contributed by atoms with Gasteiger partial charge in [0.2, 0.25) is 0 Å². The zero-order valence-corrected chi connectivity index (χ0v) is 10.6. The summed E-state index contributed by atoms with van der Waals surface area (Å²) in [5.41, 5.74) is -0.924. The smallest absolute Gasteiger partial charge is 0.412 e. The predicted octanol–water partition coefficient (Wildman–Crippen LogP) is 1.21. The lowest BCUT2D eigenvalue weighted by Crippen LogP contribution is -2.55. The Kier molecular flexibility index (Phi) is 3.50. The number of hydrogen-bond donors (Lipinski definition) is 1. The summed E-state index contributed by atoms with van der Waals surface area (Å²) in [6.07, 6.45) is -0.842. The van der Waals surface area contributed by atoms with Gasteiger partial charge in [0, 0.05) is 5.41 Å². The molecule has 0 spiro atoms. The minimum atomic E-state index is -0.703. The fourth-order valence-corrected chi connectivity index (χ4v) is 1.86. The molecule has 1 heterocycles. The third kappa shape index (κ3) is 2.15. The van der Waals surface area contributed by atoms with Crippen LogP contribution in [-0.4, -0.2) is 48.2 Å². The van der Waals surface area contributed by atoms with Crippen LogP contribution in [0.5, 0.6) is 0 Å². The molecule has 16 heavy (non-hydrogen) atoms. The van der Waals surface area contributed by atoms with Crippen molar-refractivity contribution < 1.29 is 19.4 Å². The van der Waals surface area contributed by atoms with Crippen LogP contribution in [0.2, 0.25) is 0 Å². The van der Waals surface area contributed by atoms with Crippen molar-refractivity contribution in [3.05, 3.63) is 0 Å². The number of hydrogen-bond acceptors (Lipinski definition) is 4. The lowest BCUT2D eigenvalue weighted by Gasteiger charge is -2.38. The molecule has 0 unspecified atom stereocenters. The maximum Gasteiger partial charge on any atom is 0.412 e. The van der Waals surface area contributed by atoms with Crippen molar-refractivity contribution in [2.75, 3.05) is 20.3 Å². The molecule has 0 aromatic carbocycles. The van der Waals surface area contributed by atoms with Gasteiger partial charge in [0.25, 0.3) is 0 Å². The zero-order valence-electron chi connectivity index (χ0n) is 10.6. The van der Waals surface area contributed by atoms with E-state index in [1.54, 1.807) is 6.92 Å². The van der Waals surface area contributed by atoms with E-state index in [2.05, 4.69) is 0 Å². The standard InChI is InChI=1S/C11H21NO4/c1-10(2,3)8-12(9(14)15-5)11(4,6-13)7-16-8/h8,13H,6-7H2,1-5H3/t8-,11-/m1/s1. The number of carbonyl (C=O) groups excluding carboxylic acids is 1. The van der Waals surface area contributed by atoms with Crippen molar-refractivity contribution in [1.82, 2.24) is 4.90 Å². The van der Waals surface area contributed by atoms with Gasteiger partial charge in [-0.25, -0.2) is 4.79 Å². The van der Waals surface area contributed by atoms with Crippen LogP contribution in [0.4, 0.5) is 4.79 Å². The summed E-state index contributed by atoms with van der Waals surface area (Å²) in [5.74, 6) is 0. The third-order valence-corrected chi connectivity index (χ3v) is 2.82. The molecule has 0 aliphatic carbocycles. The van der Waals surface area contributed by atoms with E-state index in [1.807, 2.05) is 20.8 Å². The average Bonchev–Trinajstić information content (AvgIpc) is 2.55. The molecule has 1 rings (SSSR count). The van der Waals surface area contributed by atoms with Crippen LogP contribution in [0.3, 0.4) is 0 Å². The summed E-state index contributed by atoms with van der Waals surface area (Å²) in [4.78, 5) is 13.3. The normalized spacial score (nSPS) is 30.6. The molecule has 0 aromatic rings. The molecule has 1 fully saturated rings. The van der Waals surface area contributed by atoms with Gasteiger partial charge in [-0.3, -0.25) is 4.90 Å². The van der Waals surface area contributed by atoms with Crippen molar-refractivity contribution in [2.24, 2.45) is 5.41 Å². The first kappa shape index (κ1) is 13.3. The highest BCUT2D eigenvalue weighted by Gasteiger charge is 2.51. The highest BCUT2D eigenvalue weighted by atomic mass is 16.6. The first-order chi connectivity index (χ1) is 7.26. The van der Waals surface area contributed by atoms with Crippen LogP contribution in [0.1, 0.15) is 27.7 Å². The summed E-state index contributed by atoms with van der Waals surface area (Å²) >= 11 is 0. The third-order valence-electron chi connectivity index (χ3n) is 2.82. The fraction of sp³-hybridized carbons (Fsp3) is 0.909. The number of nitrogens with zero attached hydrogens (tertiary/aromatic N) is 1. The molecule has 0 radical (unpaired) electrons. The van der Waals surface area contributed by atoms with E-state index in [4.69, 9.17) is 9.47 Å². The summed E-state index contributed by atoms with van der Waals surface area (Å²) < 4.78 is 10.4. The van der Waals surface area contributed by atoms with Gasteiger partial charge in [-0.05, 0) is 6.92 Å². The van der Waals surface area contributed by atoms with E-state index < -0.39 is 11.6 Å². The van der Waals surface area contributed by atoms with Crippen LogP contribution in [0.25, 0.3) is 0 Å². The van der Waals surface area contributed by atoms with Crippen molar-refractivity contribution >= 4 is 6.09 Å². The molecule has 1 aliphatic rings. The lowest BCUT2D eigenvalue weighted by molar-refractivity contribution is -0.0489. The van der Waals surface area contributed by atoms with Gasteiger partial charge >= 0.3 is 6.09 Å². The van der Waals surface area contributed by atoms with E-state index in [9.17, 15) is 9.90 Å². The van der Waals surface area contributed by atoms with Gasteiger partial charge in [-0.15, -0.1) is 0 Å². The largest absolute Gasteiger partial charge is 0.453 e. The molecule has 0 aromatic heterocycles. The summed E-state index contributed by atoms with van der Waals surface area (Å²) in [5, 5.41) is 9.39. The van der Waals surface area contributed by atoms with E-state index in [0.717, 1.165) is 0 Å². The molecular formula is C11H21NO4. The maximum atomic E-state index is 11.8. The molecule has 2 atom stereocenters. The predicted molar refractivity (Wildman–Crippen MR) is 58.9 cm³/mol. The van der Waals surface area contributed by atoms with Crippen molar-refractivity contribution in [3.63, 3.8) is 0 Å². The Bertz CT molecular complexity index is 274. The van der Waals surface area contributed by atoms with Crippen molar-refractivity contribution in [1.29, 1.82) is 0 Å². The monoisotopic (exact) mass is 231 g/mol. The average molecular weight is 231 g/mol. The van der Waals surface area contributed by atoms with Gasteiger partial charge in [-0.1, -0.05) is 20.8 Å². The SMILES string of the molecule is COC(=O)N1[C@@H](C(C)(C)C)OC[C@@]1(C)CO. The van der Waals surface area contributed by atoms with E-state index in [0.29, 0.717) is 6.61 Å².